The molecule has 0 spiro atoms. The minimum Gasteiger partial charge on any atom is -0.300 e. The highest BCUT2D eigenvalue weighted by Gasteiger charge is 2.49. The topological polar surface area (TPSA) is 51.2 Å². The Morgan fingerprint density at radius 1 is 0.380 bits per heavy atom. The van der Waals surface area contributed by atoms with Gasteiger partial charge in [0.25, 0.3) is 0 Å². The molecule has 0 aliphatic heterocycles. The average molecular weight is 984 g/mol. The van der Waals surface area contributed by atoms with Crippen LogP contribution in [0.2, 0.25) is 0 Å². The fraction of sp³-hybridized carbons (Fsp3) is 0.627. The van der Waals surface area contributed by atoms with Gasteiger partial charge in [-0.05, 0) is 262 Å². The largest absolute Gasteiger partial charge is 0.300 e. The van der Waals surface area contributed by atoms with E-state index in [-0.39, 0.29) is 16.2 Å². The number of hydrogen-bond donors (Lipinski definition) is 0. The summed E-state index contributed by atoms with van der Waals surface area (Å²) in [7, 11) is 0. The molecular weight excluding hydrogens is 885 g/mol. The molecule has 6 aliphatic rings. The molecule has 0 N–H and O–H groups in total. The molecule has 71 heavy (non-hydrogen) atoms. The van der Waals surface area contributed by atoms with Gasteiger partial charge < -0.3 is 0 Å². The third kappa shape index (κ3) is 14.0. The third-order valence-electron chi connectivity index (χ3n) is 18.0. The summed E-state index contributed by atoms with van der Waals surface area (Å²) < 4.78 is 0. The van der Waals surface area contributed by atoms with Crippen LogP contribution < -0.4 is 0 Å². The van der Waals surface area contributed by atoms with E-state index in [1.165, 1.54) is 178 Å². The SMILES string of the molecule is C1CC1.C1CC1.CC(=O)CC1(c2c(C)c(C)c(C)c(C)c2C)CC1.CC(=O)CC1(c2c(C)c(C)c(C)c(C)c2C)CC1.CC(=O)CC1(c2sc(C)c(C)c2C)CC1.CC1(C)CCC(C)(C)c2ccccc21. The van der Waals surface area contributed by atoms with Crippen molar-refractivity contribution in [2.45, 2.75) is 275 Å². The number of ketones is 3. The van der Waals surface area contributed by atoms with Crippen molar-refractivity contribution in [3.63, 3.8) is 0 Å². The van der Waals surface area contributed by atoms with Crippen molar-refractivity contribution < 1.29 is 14.4 Å². The maximum Gasteiger partial charge on any atom is 0.130 e. The number of Topliss-reactive ketones (excluding diaryl/α,β-unsaturated/α-hetero) is 3. The van der Waals surface area contributed by atoms with E-state index in [4.69, 9.17) is 0 Å². The lowest BCUT2D eigenvalue weighted by Crippen LogP contribution is -2.33. The molecule has 1 aromatic heterocycles. The Labute approximate surface area is 438 Å². The number of rotatable bonds is 9. The first-order chi connectivity index (χ1) is 33.0. The van der Waals surface area contributed by atoms with Crippen molar-refractivity contribution in [1.29, 1.82) is 0 Å². The molecule has 0 saturated heterocycles. The van der Waals surface area contributed by atoms with Gasteiger partial charge in [0.05, 0.1) is 0 Å². The first-order valence-electron chi connectivity index (χ1n) is 27.8. The van der Waals surface area contributed by atoms with Crippen molar-refractivity contribution in [2.75, 3.05) is 0 Å². The van der Waals surface area contributed by atoms with E-state index in [0.717, 1.165) is 19.3 Å². The lowest BCUT2D eigenvalue weighted by Gasteiger charge is -2.41. The molecule has 3 nitrogen and oxygen atoms in total. The van der Waals surface area contributed by atoms with Crippen molar-refractivity contribution in [2.24, 2.45) is 0 Å². The maximum atomic E-state index is 11.5. The van der Waals surface area contributed by atoms with E-state index in [0.29, 0.717) is 28.2 Å². The Morgan fingerprint density at radius 3 is 0.873 bits per heavy atom. The van der Waals surface area contributed by atoms with Gasteiger partial charge in [0, 0.05) is 45.3 Å². The number of carbonyl (C=O) groups is 3. The van der Waals surface area contributed by atoms with Crippen molar-refractivity contribution in [3.8, 4) is 0 Å². The normalized spacial score (nSPS) is 18.8. The summed E-state index contributed by atoms with van der Waals surface area (Å²) in [6, 6.07) is 8.94. The molecule has 1 heterocycles. The molecule has 10 rings (SSSR count). The zero-order valence-electron chi connectivity index (χ0n) is 49.0. The lowest BCUT2D eigenvalue weighted by molar-refractivity contribution is -0.118. The van der Waals surface area contributed by atoms with E-state index >= 15 is 0 Å². The molecule has 0 unspecified atom stereocenters. The van der Waals surface area contributed by atoms with Crippen molar-refractivity contribution in [1.82, 2.24) is 0 Å². The molecule has 5 saturated carbocycles. The molecular formula is C67H98O3S. The number of benzene rings is 3. The molecule has 4 aromatic rings. The van der Waals surface area contributed by atoms with Crippen LogP contribution in [0.4, 0.5) is 0 Å². The summed E-state index contributed by atoms with van der Waals surface area (Å²) in [6.45, 7) is 43.3. The molecule has 0 radical (unpaired) electrons. The second-order valence-electron chi connectivity index (χ2n) is 25.1. The first-order valence-corrected chi connectivity index (χ1v) is 28.6. The number of thiophene rings is 1. The van der Waals surface area contributed by atoms with Gasteiger partial charge in [0.1, 0.15) is 17.3 Å². The first kappa shape index (κ1) is 58.3. The Morgan fingerprint density at radius 2 is 0.648 bits per heavy atom. The Hall–Kier alpha value is -3.63. The Kier molecular flexibility index (Phi) is 18.8. The van der Waals surface area contributed by atoms with Gasteiger partial charge in [0.15, 0.2) is 0 Å². The van der Waals surface area contributed by atoms with E-state index in [1.807, 2.05) is 11.3 Å². The minimum atomic E-state index is 0.170. The van der Waals surface area contributed by atoms with Crippen LogP contribution >= 0.6 is 11.3 Å². The van der Waals surface area contributed by atoms with E-state index in [2.05, 4.69) is 142 Å². The Balaban J connectivity index is 0.000000169. The van der Waals surface area contributed by atoms with Crippen LogP contribution in [0, 0.1) is 90.0 Å². The molecule has 4 heteroatoms. The second kappa shape index (κ2) is 22.9. The van der Waals surface area contributed by atoms with Gasteiger partial charge in [-0.2, -0.15) is 0 Å². The average Bonchev–Trinajstić information content (AvgIpc) is 4.09. The van der Waals surface area contributed by atoms with Crippen LogP contribution in [-0.4, -0.2) is 17.3 Å². The van der Waals surface area contributed by atoms with Crippen LogP contribution in [0.3, 0.4) is 0 Å². The van der Waals surface area contributed by atoms with E-state index in [1.54, 1.807) is 31.9 Å². The quantitative estimate of drug-likeness (QED) is 0.168. The maximum absolute atomic E-state index is 11.5. The van der Waals surface area contributed by atoms with Crippen molar-refractivity contribution in [3.05, 3.63) is 123 Å². The van der Waals surface area contributed by atoms with Crippen LogP contribution in [0.25, 0.3) is 0 Å². The van der Waals surface area contributed by atoms with Crippen LogP contribution in [0.15, 0.2) is 24.3 Å². The number of carbonyl (C=O) groups excluding carboxylic acids is 3. The van der Waals surface area contributed by atoms with Crippen molar-refractivity contribution >= 4 is 28.7 Å². The smallest absolute Gasteiger partial charge is 0.130 e. The molecule has 3 aromatic carbocycles. The third-order valence-corrected chi connectivity index (χ3v) is 19.6. The van der Waals surface area contributed by atoms with Crippen LogP contribution in [0.5, 0.6) is 0 Å². The highest BCUT2D eigenvalue weighted by molar-refractivity contribution is 7.12. The Bertz CT molecular complexity index is 2390. The molecule has 0 amide bonds. The van der Waals surface area contributed by atoms with Gasteiger partial charge in [-0.3, -0.25) is 14.4 Å². The number of fused-ring (bicyclic) bond motifs is 1. The van der Waals surface area contributed by atoms with Gasteiger partial charge in [-0.15, -0.1) is 11.3 Å². The standard InChI is InChI=1S/2C17H24O.C14H20.C13H18OS.2C3H6/c2*1-10(18)9-17(7-8-17)16-14(5)12(3)11(2)13(4)15(16)6;1-13(2)9-10-14(3,4)12-8-6-5-7-11(12)13;1-8(14)7-13(5-6-13)12-10(3)9(2)11(4)15-12;2*1-2-3-1/h2*7-9H2,1-6H3;5-8H,9-10H2,1-4H3;5-7H2,1-4H3;2*1-3H2. The number of aryl methyl sites for hydroxylation is 1. The van der Waals surface area contributed by atoms with E-state index in [9.17, 15) is 14.4 Å². The van der Waals surface area contributed by atoms with Gasteiger partial charge in [-0.25, -0.2) is 0 Å². The predicted molar refractivity (Wildman–Crippen MR) is 307 cm³/mol. The summed E-state index contributed by atoms with van der Waals surface area (Å²) in [5.41, 5.74) is 24.3. The zero-order valence-corrected chi connectivity index (χ0v) is 49.8. The van der Waals surface area contributed by atoms with Gasteiger partial charge >= 0.3 is 0 Å². The highest BCUT2D eigenvalue weighted by Crippen LogP contribution is 2.57. The van der Waals surface area contributed by atoms with Gasteiger partial charge in [-0.1, -0.05) is 90.5 Å². The lowest BCUT2D eigenvalue weighted by atomic mass is 9.63. The molecule has 6 aliphatic carbocycles. The highest BCUT2D eigenvalue weighted by atomic mass is 32.1. The number of hydrogen-bond acceptors (Lipinski definition) is 4. The summed E-state index contributed by atoms with van der Waals surface area (Å²) in [5.74, 6) is 0.972. The predicted octanol–water partition coefficient (Wildman–Crippen LogP) is 18.5. The fourth-order valence-electron chi connectivity index (χ4n) is 11.8. The summed E-state index contributed by atoms with van der Waals surface area (Å²) in [4.78, 5) is 37.2. The minimum absolute atomic E-state index is 0.170. The summed E-state index contributed by atoms with van der Waals surface area (Å²) in [6.07, 6.45) is 20.9. The van der Waals surface area contributed by atoms with Crippen LogP contribution in [-0.2, 0) is 41.5 Å². The summed E-state index contributed by atoms with van der Waals surface area (Å²) in [5, 5.41) is 0. The van der Waals surface area contributed by atoms with E-state index < -0.39 is 0 Å². The van der Waals surface area contributed by atoms with Crippen LogP contribution in [0.1, 0.15) is 256 Å². The fourth-order valence-corrected chi connectivity index (χ4v) is 13.2. The molecule has 5 fully saturated rings. The second-order valence-corrected chi connectivity index (χ2v) is 26.4. The van der Waals surface area contributed by atoms with Gasteiger partial charge in [0.2, 0.25) is 0 Å². The zero-order chi connectivity index (χ0) is 53.2. The molecule has 0 bridgehead atoms. The monoisotopic (exact) mass is 983 g/mol. The molecule has 0 atom stereocenters. The summed E-state index contributed by atoms with van der Waals surface area (Å²) >= 11 is 1.90. The molecule has 390 valence electrons.